The summed E-state index contributed by atoms with van der Waals surface area (Å²) < 4.78 is 7.74. The zero-order valence-electron chi connectivity index (χ0n) is 12.4. The number of carbonyl (C=O) groups excluding carboxylic acids is 1. The van der Waals surface area contributed by atoms with Crippen LogP contribution in [0, 0.1) is 0 Å². The Morgan fingerprint density at radius 2 is 2.22 bits per heavy atom. The molecule has 118 valence electrons. The fraction of sp³-hybridized carbons (Fsp3) is 0.200. The summed E-state index contributed by atoms with van der Waals surface area (Å²) in [5.74, 6) is 0.0552. The van der Waals surface area contributed by atoms with Gasteiger partial charge in [-0.1, -0.05) is 45.8 Å². The van der Waals surface area contributed by atoms with Crippen molar-refractivity contribution in [1.29, 1.82) is 0 Å². The van der Waals surface area contributed by atoms with Crippen molar-refractivity contribution in [2.24, 2.45) is 0 Å². The second kappa shape index (κ2) is 6.33. The monoisotopic (exact) mass is 375 g/mol. The number of ether oxygens (including phenoxy) is 1. The number of esters is 1. The van der Waals surface area contributed by atoms with Crippen molar-refractivity contribution < 1.29 is 9.53 Å². The molecule has 0 amide bonds. The van der Waals surface area contributed by atoms with Crippen LogP contribution in [0.1, 0.15) is 18.5 Å². The lowest BCUT2D eigenvalue weighted by atomic mass is 9.96. The van der Waals surface area contributed by atoms with Gasteiger partial charge in [-0.15, -0.1) is 0 Å². The molecule has 1 aliphatic heterocycles. The number of rotatable bonds is 4. The number of benzene rings is 1. The molecule has 3 rings (SSSR count). The maximum absolute atomic E-state index is 12.5. The van der Waals surface area contributed by atoms with Gasteiger partial charge in [-0.2, -0.15) is 4.68 Å². The highest BCUT2D eigenvalue weighted by molar-refractivity contribution is 9.10. The second-order valence-corrected chi connectivity index (χ2v) is 5.87. The van der Waals surface area contributed by atoms with Crippen molar-refractivity contribution in [2.75, 3.05) is 11.9 Å². The molecule has 0 saturated heterocycles. The molecular formula is C15H14BrN5O2. The molecule has 23 heavy (non-hydrogen) atoms. The zero-order valence-corrected chi connectivity index (χ0v) is 13.9. The summed E-state index contributed by atoms with van der Waals surface area (Å²) in [4.78, 5) is 12.5. The Labute approximate surface area is 141 Å². The van der Waals surface area contributed by atoms with Crippen molar-refractivity contribution in [2.45, 2.75) is 13.0 Å². The molecule has 2 heterocycles. The molecule has 1 unspecified atom stereocenters. The zero-order chi connectivity index (χ0) is 16.4. The van der Waals surface area contributed by atoms with E-state index < -0.39 is 12.0 Å². The average molecular weight is 376 g/mol. The molecule has 0 saturated carbocycles. The maximum atomic E-state index is 12.5. The van der Waals surface area contributed by atoms with E-state index in [1.807, 2.05) is 24.3 Å². The van der Waals surface area contributed by atoms with Crippen LogP contribution in [0.3, 0.4) is 0 Å². The topological polar surface area (TPSA) is 81.9 Å². The SMILES string of the molecule is C=CCOC(=O)C1=C(C)Nc2nnnn2C1c1ccc(Br)cc1. The molecule has 1 atom stereocenters. The first-order valence-electron chi connectivity index (χ1n) is 6.91. The molecule has 0 bridgehead atoms. The number of aromatic nitrogens is 4. The van der Waals surface area contributed by atoms with E-state index >= 15 is 0 Å². The van der Waals surface area contributed by atoms with Crippen molar-refractivity contribution in [3.8, 4) is 0 Å². The third-order valence-corrected chi connectivity index (χ3v) is 3.98. The van der Waals surface area contributed by atoms with E-state index in [-0.39, 0.29) is 6.61 Å². The predicted molar refractivity (Wildman–Crippen MR) is 87.6 cm³/mol. The summed E-state index contributed by atoms with van der Waals surface area (Å²) in [5.41, 5.74) is 2.01. The number of nitrogens with one attached hydrogen (secondary N) is 1. The largest absolute Gasteiger partial charge is 0.458 e. The fourth-order valence-corrected chi connectivity index (χ4v) is 2.71. The lowest BCUT2D eigenvalue weighted by Gasteiger charge is -2.27. The highest BCUT2D eigenvalue weighted by Crippen LogP contribution is 2.35. The minimum absolute atomic E-state index is 0.144. The van der Waals surface area contributed by atoms with Gasteiger partial charge in [-0.3, -0.25) is 0 Å². The average Bonchev–Trinajstić information content (AvgIpc) is 3.00. The van der Waals surface area contributed by atoms with Gasteiger partial charge in [0.2, 0.25) is 5.95 Å². The van der Waals surface area contributed by atoms with E-state index in [9.17, 15) is 4.79 Å². The van der Waals surface area contributed by atoms with E-state index in [2.05, 4.69) is 43.4 Å². The Morgan fingerprint density at radius 1 is 1.48 bits per heavy atom. The Morgan fingerprint density at radius 3 is 2.91 bits per heavy atom. The van der Waals surface area contributed by atoms with E-state index in [1.165, 1.54) is 6.08 Å². The predicted octanol–water partition coefficient (Wildman–Crippen LogP) is 2.45. The van der Waals surface area contributed by atoms with Gasteiger partial charge in [0, 0.05) is 10.2 Å². The number of hydrogen-bond acceptors (Lipinski definition) is 6. The van der Waals surface area contributed by atoms with Crippen LogP contribution in [0.15, 0.2) is 52.7 Å². The van der Waals surface area contributed by atoms with Crippen LogP contribution in [0.2, 0.25) is 0 Å². The lowest BCUT2D eigenvalue weighted by Crippen LogP contribution is -2.29. The van der Waals surface area contributed by atoms with E-state index in [4.69, 9.17) is 4.74 Å². The summed E-state index contributed by atoms with van der Waals surface area (Å²) in [6.45, 7) is 5.50. The van der Waals surface area contributed by atoms with Gasteiger partial charge in [-0.25, -0.2) is 4.79 Å². The third-order valence-electron chi connectivity index (χ3n) is 3.45. The normalized spacial score (nSPS) is 16.5. The molecular weight excluding hydrogens is 362 g/mol. The molecule has 1 aromatic carbocycles. The minimum atomic E-state index is -0.452. The van der Waals surface area contributed by atoms with Crippen LogP contribution in [0.4, 0.5) is 5.95 Å². The molecule has 0 spiro atoms. The Kier molecular flexibility index (Phi) is 4.24. The van der Waals surface area contributed by atoms with E-state index in [1.54, 1.807) is 11.6 Å². The van der Waals surface area contributed by atoms with E-state index in [0.29, 0.717) is 17.2 Å². The van der Waals surface area contributed by atoms with Crippen LogP contribution >= 0.6 is 15.9 Å². The number of nitrogens with zero attached hydrogens (tertiary/aromatic N) is 4. The smallest absolute Gasteiger partial charge is 0.338 e. The number of halogens is 1. The van der Waals surface area contributed by atoms with Crippen LogP contribution in [-0.4, -0.2) is 32.8 Å². The number of fused-ring (bicyclic) bond motifs is 1. The number of tetrazole rings is 1. The van der Waals surface area contributed by atoms with Gasteiger partial charge >= 0.3 is 5.97 Å². The minimum Gasteiger partial charge on any atom is -0.458 e. The first kappa shape index (κ1) is 15.4. The van der Waals surface area contributed by atoms with Gasteiger partial charge in [0.1, 0.15) is 12.6 Å². The summed E-state index contributed by atoms with van der Waals surface area (Å²) in [6.07, 6.45) is 1.53. The summed E-state index contributed by atoms with van der Waals surface area (Å²) in [5, 5.41) is 14.7. The molecule has 0 radical (unpaired) electrons. The van der Waals surface area contributed by atoms with E-state index in [0.717, 1.165) is 10.0 Å². The highest BCUT2D eigenvalue weighted by atomic mass is 79.9. The van der Waals surface area contributed by atoms with Gasteiger partial charge in [0.15, 0.2) is 0 Å². The maximum Gasteiger partial charge on any atom is 0.338 e. The number of anilines is 1. The second-order valence-electron chi connectivity index (χ2n) is 4.95. The molecule has 1 N–H and O–H groups in total. The Hall–Kier alpha value is -2.48. The molecule has 0 aliphatic carbocycles. The molecule has 8 heteroatoms. The standard InChI is InChI=1S/C15H14BrN5O2/c1-3-8-23-14(22)12-9(2)17-15-18-19-20-21(15)13(12)10-4-6-11(16)7-5-10/h3-7,13H,1,8H2,2H3,(H,17,18,20). The van der Waals surface area contributed by atoms with Crippen LogP contribution in [0.5, 0.6) is 0 Å². The fourth-order valence-electron chi connectivity index (χ4n) is 2.44. The van der Waals surface area contributed by atoms with Crippen molar-refractivity contribution in [1.82, 2.24) is 20.2 Å². The quantitative estimate of drug-likeness (QED) is 0.652. The number of carbonyl (C=O) groups is 1. The Balaban J connectivity index is 2.08. The highest BCUT2D eigenvalue weighted by Gasteiger charge is 2.34. The summed E-state index contributed by atoms with van der Waals surface area (Å²) in [7, 11) is 0. The Bertz CT molecular complexity index is 781. The van der Waals surface area contributed by atoms with Crippen molar-refractivity contribution >= 4 is 27.8 Å². The molecule has 2 aromatic rings. The molecule has 1 aromatic heterocycles. The lowest BCUT2D eigenvalue weighted by molar-refractivity contribution is -0.138. The van der Waals surface area contributed by atoms with Gasteiger partial charge in [0.25, 0.3) is 0 Å². The summed E-state index contributed by atoms with van der Waals surface area (Å²) in [6, 6.07) is 7.19. The molecule has 7 nitrogen and oxygen atoms in total. The van der Waals surface area contributed by atoms with Crippen molar-refractivity contribution in [3.63, 3.8) is 0 Å². The van der Waals surface area contributed by atoms with Crippen LogP contribution in [-0.2, 0) is 9.53 Å². The first-order chi connectivity index (χ1) is 11.1. The number of hydrogen-bond donors (Lipinski definition) is 1. The number of allylic oxidation sites excluding steroid dienone is 1. The molecule has 0 fully saturated rings. The third kappa shape index (κ3) is 2.89. The summed E-state index contributed by atoms with van der Waals surface area (Å²) >= 11 is 3.41. The van der Waals surface area contributed by atoms with Gasteiger partial charge in [-0.05, 0) is 35.0 Å². The molecule has 1 aliphatic rings. The van der Waals surface area contributed by atoms with Crippen LogP contribution in [0.25, 0.3) is 0 Å². The van der Waals surface area contributed by atoms with Crippen molar-refractivity contribution in [3.05, 3.63) is 58.2 Å². The van der Waals surface area contributed by atoms with Gasteiger partial charge < -0.3 is 10.1 Å². The van der Waals surface area contributed by atoms with Gasteiger partial charge in [0.05, 0.1) is 5.57 Å². The first-order valence-corrected chi connectivity index (χ1v) is 7.70. The van der Waals surface area contributed by atoms with Crippen LogP contribution < -0.4 is 5.32 Å².